The normalized spacial score (nSPS) is 15.0. The number of amides is 1. The molecule has 2 rings (SSSR count). The van der Waals surface area contributed by atoms with E-state index in [2.05, 4.69) is 21.2 Å². The fourth-order valence-corrected chi connectivity index (χ4v) is 2.21. The maximum atomic E-state index is 12.0. The maximum Gasteiger partial charge on any atom is 0.250 e. The molecular weight excluding hydrogens is 310 g/mol. The zero-order valence-corrected chi connectivity index (χ0v) is 12.2. The van der Waals surface area contributed by atoms with E-state index in [9.17, 15) is 4.79 Å². The summed E-state index contributed by atoms with van der Waals surface area (Å²) in [7, 11) is 0. The minimum atomic E-state index is -0.211. The zero-order valence-electron chi connectivity index (χ0n) is 10.6. The summed E-state index contributed by atoms with van der Waals surface area (Å²) in [6, 6.07) is 5.46. The van der Waals surface area contributed by atoms with Crippen LogP contribution in [0, 0.1) is 0 Å². The van der Waals surface area contributed by atoms with E-state index in [1.165, 1.54) is 0 Å². The molecule has 1 amide bonds. The molecular formula is C14H16BrNO3. The summed E-state index contributed by atoms with van der Waals surface area (Å²) in [6.45, 7) is 2.11. The Kier molecular flexibility index (Phi) is 4.61. The highest BCUT2D eigenvalue weighted by atomic mass is 79.9. The third-order valence-electron chi connectivity index (χ3n) is 3.02. The molecule has 5 heteroatoms. The van der Waals surface area contributed by atoms with Gasteiger partial charge < -0.3 is 15.2 Å². The van der Waals surface area contributed by atoms with Gasteiger partial charge in [-0.1, -0.05) is 22.9 Å². The van der Waals surface area contributed by atoms with Gasteiger partial charge in [-0.25, -0.2) is 0 Å². The quantitative estimate of drug-likeness (QED) is 0.891. The van der Waals surface area contributed by atoms with Crippen LogP contribution in [0.25, 0.3) is 6.08 Å². The molecule has 1 aromatic rings. The number of fused-ring (bicyclic) bond motifs is 1. The number of benzene rings is 1. The van der Waals surface area contributed by atoms with E-state index in [1.54, 1.807) is 0 Å². The third-order valence-corrected chi connectivity index (χ3v) is 3.52. The molecule has 0 fully saturated rings. The van der Waals surface area contributed by atoms with E-state index in [1.807, 2.05) is 31.2 Å². The summed E-state index contributed by atoms with van der Waals surface area (Å²) in [4.78, 5) is 12.0. The Bertz CT molecular complexity index is 509. The van der Waals surface area contributed by atoms with Gasteiger partial charge in [0, 0.05) is 10.0 Å². The second kappa shape index (κ2) is 6.21. The summed E-state index contributed by atoms with van der Waals surface area (Å²) >= 11 is 3.39. The minimum absolute atomic E-state index is 0.0570. The smallest absolute Gasteiger partial charge is 0.250 e. The Labute approximate surface area is 120 Å². The Hall–Kier alpha value is -1.33. The summed E-state index contributed by atoms with van der Waals surface area (Å²) in [5.41, 5.74) is 1.44. The second-order valence-corrected chi connectivity index (χ2v) is 5.32. The molecule has 1 atom stereocenters. The third kappa shape index (κ3) is 3.36. The van der Waals surface area contributed by atoms with Crippen LogP contribution < -0.4 is 10.1 Å². The largest absolute Gasteiger partial charge is 0.488 e. The van der Waals surface area contributed by atoms with E-state index >= 15 is 0 Å². The first-order chi connectivity index (χ1) is 9.13. The molecule has 0 aliphatic carbocycles. The predicted octanol–water partition coefficient (Wildman–Crippen LogP) is 2.11. The summed E-state index contributed by atoms with van der Waals surface area (Å²) < 4.78 is 6.49. The Morgan fingerprint density at radius 1 is 1.58 bits per heavy atom. The SMILES string of the molecule is CC[C@@H](CO)NC(=O)C1=Cc2cc(Br)ccc2OC1. The predicted molar refractivity (Wildman–Crippen MR) is 76.9 cm³/mol. The first kappa shape index (κ1) is 14.1. The molecule has 0 spiro atoms. The number of nitrogens with one attached hydrogen (secondary N) is 1. The molecule has 1 aliphatic heterocycles. The number of carbonyl (C=O) groups excluding carboxylic acids is 1. The van der Waals surface area contributed by atoms with Crippen LogP contribution in [0.15, 0.2) is 28.2 Å². The van der Waals surface area contributed by atoms with Crippen molar-refractivity contribution < 1.29 is 14.6 Å². The first-order valence-corrected chi connectivity index (χ1v) is 6.98. The van der Waals surface area contributed by atoms with E-state index in [4.69, 9.17) is 9.84 Å². The van der Waals surface area contributed by atoms with Crippen molar-refractivity contribution in [2.45, 2.75) is 19.4 Å². The van der Waals surface area contributed by atoms with Crippen molar-refractivity contribution >= 4 is 27.9 Å². The van der Waals surface area contributed by atoms with E-state index in [0.29, 0.717) is 12.0 Å². The number of ether oxygens (including phenoxy) is 1. The molecule has 0 saturated heterocycles. The lowest BCUT2D eigenvalue weighted by molar-refractivity contribution is -0.118. The minimum Gasteiger partial charge on any atom is -0.488 e. The first-order valence-electron chi connectivity index (χ1n) is 6.18. The van der Waals surface area contributed by atoms with Gasteiger partial charge in [0.25, 0.3) is 5.91 Å². The van der Waals surface area contributed by atoms with Gasteiger partial charge in [0.15, 0.2) is 0 Å². The van der Waals surface area contributed by atoms with Crippen molar-refractivity contribution in [3.63, 3.8) is 0 Å². The molecule has 0 radical (unpaired) electrons. The highest BCUT2D eigenvalue weighted by Gasteiger charge is 2.19. The molecule has 1 aliphatic rings. The van der Waals surface area contributed by atoms with Gasteiger partial charge in [0.2, 0.25) is 0 Å². The number of aliphatic hydroxyl groups excluding tert-OH is 1. The lowest BCUT2D eigenvalue weighted by Crippen LogP contribution is -2.39. The topological polar surface area (TPSA) is 58.6 Å². The second-order valence-electron chi connectivity index (χ2n) is 4.40. The van der Waals surface area contributed by atoms with Crippen LogP contribution in [-0.4, -0.2) is 30.3 Å². The molecule has 0 saturated carbocycles. The summed E-state index contributed by atoms with van der Waals surface area (Å²) in [6.07, 6.45) is 2.52. The average Bonchev–Trinajstić information content (AvgIpc) is 2.43. The van der Waals surface area contributed by atoms with Gasteiger partial charge in [-0.3, -0.25) is 4.79 Å². The fourth-order valence-electron chi connectivity index (χ4n) is 1.83. The van der Waals surface area contributed by atoms with Crippen LogP contribution in [0.2, 0.25) is 0 Å². The van der Waals surface area contributed by atoms with Gasteiger partial charge in [-0.2, -0.15) is 0 Å². The average molecular weight is 326 g/mol. The number of halogens is 1. The molecule has 0 unspecified atom stereocenters. The van der Waals surface area contributed by atoms with Crippen LogP contribution in [0.5, 0.6) is 5.75 Å². The van der Waals surface area contributed by atoms with Crippen LogP contribution in [0.4, 0.5) is 0 Å². The maximum absolute atomic E-state index is 12.0. The van der Waals surface area contributed by atoms with Crippen molar-refractivity contribution in [3.05, 3.63) is 33.8 Å². The van der Waals surface area contributed by atoms with E-state index in [-0.39, 0.29) is 25.2 Å². The highest BCUT2D eigenvalue weighted by molar-refractivity contribution is 9.10. The fraction of sp³-hybridized carbons (Fsp3) is 0.357. The molecule has 2 N–H and O–H groups in total. The van der Waals surface area contributed by atoms with Gasteiger partial charge in [-0.15, -0.1) is 0 Å². The number of carbonyl (C=O) groups is 1. The van der Waals surface area contributed by atoms with Crippen molar-refractivity contribution in [3.8, 4) is 5.75 Å². The van der Waals surface area contributed by atoms with Crippen molar-refractivity contribution in [2.24, 2.45) is 0 Å². The number of hydrogen-bond acceptors (Lipinski definition) is 3. The summed E-state index contributed by atoms with van der Waals surface area (Å²) in [5.74, 6) is 0.584. The van der Waals surface area contributed by atoms with Crippen molar-refractivity contribution in [2.75, 3.05) is 13.2 Å². The van der Waals surface area contributed by atoms with E-state index < -0.39 is 0 Å². The Morgan fingerprint density at radius 2 is 2.37 bits per heavy atom. The van der Waals surface area contributed by atoms with Crippen LogP contribution in [0.1, 0.15) is 18.9 Å². The van der Waals surface area contributed by atoms with Gasteiger partial charge >= 0.3 is 0 Å². The van der Waals surface area contributed by atoms with Gasteiger partial charge in [-0.05, 0) is 30.7 Å². The molecule has 102 valence electrons. The Morgan fingerprint density at radius 3 is 3.05 bits per heavy atom. The van der Waals surface area contributed by atoms with E-state index in [0.717, 1.165) is 15.8 Å². The summed E-state index contributed by atoms with van der Waals surface area (Å²) in [5, 5.41) is 11.9. The van der Waals surface area contributed by atoms with Crippen molar-refractivity contribution in [1.82, 2.24) is 5.32 Å². The molecule has 1 heterocycles. The molecule has 4 nitrogen and oxygen atoms in total. The monoisotopic (exact) mass is 325 g/mol. The molecule has 0 bridgehead atoms. The lowest BCUT2D eigenvalue weighted by atomic mass is 10.1. The van der Waals surface area contributed by atoms with Gasteiger partial charge in [0.05, 0.1) is 18.2 Å². The molecule has 0 aromatic heterocycles. The number of rotatable bonds is 4. The molecule has 19 heavy (non-hydrogen) atoms. The lowest BCUT2D eigenvalue weighted by Gasteiger charge is -2.20. The zero-order chi connectivity index (χ0) is 13.8. The van der Waals surface area contributed by atoms with Gasteiger partial charge in [0.1, 0.15) is 12.4 Å². The Balaban J connectivity index is 2.16. The van der Waals surface area contributed by atoms with Crippen LogP contribution in [0.3, 0.4) is 0 Å². The van der Waals surface area contributed by atoms with Crippen LogP contribution in [-0.2, 0) is 4.79 Å². The highest BCUT2D eigenvalue weighted by Crippen LogP contribution is 2.29. The number of aliphatic hydroxyl groups is 1. The number of hydrogen-bond donors (Lipinski definition) is 2. The van der Waals surface area contributed by atoms with Crippen LogP contribution >= 0.6 is 15.9 Å². The van der Waals surface area contributed by atoms with Crippen molar-refractivity contribution in [1.29, 1.82) is 0 Å². The molecule has 1 aromatic carbocycles. The standard InChI is InChI=1S/C14H16BrNO3/c1-2-12(7-17)16-14(18)10-5-9-6-11(15)3-4-13(9)19-8-10/h3-6,12,17H,2,7-8H2,1H3,(H,16,18)/t12-/m0/s1.